The molecule has 1 aliphatic rings. The summed E-state index contributed by atoms with van der Waals surface area (Å²) in [6, 6.07) is 18.5. The molecule has 0 bridgehead atoms. The van der Waals surface area contributed by atoms with E-state index in [0.29, 0.717) is 5.56 Å². The Kier molecular flexibility index (Phi) is 5.38. The second-order valence-electron chi connectivity index (χ2n) is 6.81. The van der Waals surface area contributed by atoms with E-state index in [9.17, 15) is 23.3 Å². The van der Waals surface area contributed by atoms with Gasteiger partial charge in [0.05, 0.1) is 20.4 Å². The van der Waals surface area contributed by atoms with Crippen LogP contribution in [0.5, 0.6) is 0 Å². The van der Waals surface area contributed by atoms with E-state index in [1.54, 1.807) is 36.4 Å². The van der Waals surface area contributed by atoms with Crippen molar-refractivity contribution >= 4 is 38.9 Å². The largest absolute Gasteiger partial charge is 0.288 e. The van der Waals surface area contributed by atoms with E-state index in [-0.39, 0.29) is 27.0 Å². The second kappa shape index (κ2) is 8.01. The highest BCUT2D eigenvalue weighted by molar-refractivity contribution is 8.04. The van der Waals surface area contributed by atoms with Crippen LogP contribution in [0.15, 0.2) is 93.7 Å². The molecule has 0 fully saturated rings. The number of nitrogens with zero attached hydrogens (tertiary/aromatic N) is 2. The number of aryl methyl sites for hydroxylation is 1. The fourth-order valence-corrected chi connectivity index (χ4v) is 5.49. The SMILES string of the molecule is Cc1ccc(S(=O)(=O)N(/C=C2/Sc3ccccc3C2=O)c2ccc([N+](=O)[O-])cc2)cc1. The number of hydrogen-bond acceptors (Lipinski definition) is 6. The lowest BCUT2D eigenvalue weighted by atomic mass is 10.1. The number of non-ortho nitro benzene ring substituents is 1. The Balaban J connectivity index is 1.83. The first kappa shape index (κ1) is 20.8. The van der Waals surface area contributed by atoms with Crippen LogP contribution in [0.25, 0.3) is 0 Å². The van der Waals surface area contributed by atoms with Crippen LogP contribution in [0.4, 0.5) is 11.4 Å². The fourth-order valence-electron chi connectivity index (χ4n) is 3.06. The standard InChI is InChI=1S/C22H16N2O5S2/c1-15-6-12-18(13-7-15)31(28,29)23(16-8-10-17(11-9-16)24(26)27)14-21-22(25)19-4-2-3-5-20(19)30-21/h2-14H,1H3/b21-14+. The number of anilines is 1. The lowest BCUT2D eigenvalue weighted by Crippen LogP contribution is -2.26. The minimum absolute atomic E-state index is 0.0428. The number of benzene rings is 3. The third-order valence-electron chi connectivity index (χ3n) is 4.70. The molecule has 1 aliphatic heterocycles. The summed E-state index contributed by atoms with van der Waals surface area (Å²) in [6.45, 7) is 1.84. The summed E-state index contributed by atoms with van der Waals surface area (Å²) in [5, 5.41) is 11.0. The number of nitro benzene ring substituents is 1. The minimum Gasteiger partial charge on any atom is -0.288 e. The summed E-state index contributed by atoms with van der Waals surface area (Å²) in [6.07, 6.45) is 1.28. The molecule has 0 N–H and O–H groups in total. The lowest BCUT2D eigenvalue weighted by Gasteiger charge is -2.21. The number of allylic oxidation sites excluding steroid dienone is 1. The summed E-state index contributed by atoms with van der Waals surface area (Å²) in [4.78, 5) is 24.3. The predicted octanol–water partition coefficient (Wildman–Crippen LogP) is 4.93. The summed E-state index contributed by atoms with van der Waals surface area (Å²) < 4.78 is 27.9. The Morgan fingerprint density at radius 2 is 1.61 bits per heavy atom. The van der Waals surface area contributed by atoms with Crippen LogP contribution in [0.3, 0.4) is 0 Å². The van der Waals surface area contributed by atoms with Crippen molar-refractivity contribution in [2.24, 2.45) is 0 Å². The van der Waals surface area contributed by atoms with Crippen LogP contribution < -0.4 is 4.31 Å². The molecule has 9 heteroatoms. The van der Waals surface area contributed by atoms with Crippen LogP contribution in [-0.2, 0) is 10.0 Å². The molecule has 156 valence electrons. The number of Topliss-reactive ketones (excluding diaryl/α,β-unsaturated/α-hetero) is 1. The first-order valence-electron chi connectivity index (χ1n) is 9.16. The van der Waals surface area contributed by atoms with Crippen molar-refractivity contribution < 1.29 is 18.1 Å². The van der Waals surface area contributed by atoms with Gasteiger partial charge in [0.2, 0.25) is 5.78 Å². The van der Waals surface area contributed by atoms with Crippen LogP contribution in [-0.4, -0.2) is 19.1 Å². The van der Waals surface area contributed by atoms with E-state index in [1.165, 1.54) is 54.4 Å². The minimum atomic E-state index is -4.08. The number of fused-ring (bicyclic) bond motifs is 1. The van der Waals surface area contributed by atoms with Crippen molar-refractivity contribution in [1.82, 2.24) is 0 Å². The molecule has 0 radical (unpaired) electrons. The predicted molar refractivity (Wildman–Crippen MR) is 119 cm³/mol. The zero-order chi connectivity index (χ0) is 22.2. The summed E-state index contributed by atoms with van der Waals surface area (Å²) in [5.41, 5.74) is 1.43. The van der Waals surface area contributed by atoms with Crippen LogP contribution in [0.2, 0.25) is 0 Å². The fraction of sp³-hybridized carbons (Fsp3) is 0.0455. The summed E-state index contributed by atoms with van der Waals surface area (Å²) >= 11 is 1.19. The molecule has 7 nitrogen and oxygen atoms in total. The zero-order valence-corrected chi connectivity index (χ0v) is 17.9. The molecular weight excluding hydrogens is 436 g/mol. The van der Waals surface area contributed by atoms with Crippen molar-refractivity contribution in [2.75, 3.05) is 4.31 Å². The van der Waals surface area contributed by atoms with E-state index >= 15 is 0 Å². The topological polar surface area (TPSA) is 97.6 Å². The molecule has 0 saturated carbocycles. The Labute approximate surface area is 183 Å². The van der Waals surface area contributed by atoms with Gasteiger partial charge in [0.1, 0.15) is 0 Å². The second-order valence-corrected chi connectivity index (χ2v) is 9.71. The number of hydrogen-bond donors (Lipinski definition) is 0. The molecule has 0 spiro atoms. The Hall–Kier alpha value is -3.43. The van der Waals surface area contributed by atoms with Crippen LogP contribution >= 0.6 is 11.8 Å². The molecule has 0 aromatic heterocycles. The third kappa shape index (κ3) is 3.97. The number of sulfonamides is 1. The van der Waals surface area contributed by atoms with Gasteiger partial charge in [-0.1, -0.05) is 41.6 Å². The average molecular weight is 453 g/mol. The molecule has 0 atom stereocenters. The molecular formula is C22H16N2O5S2. The van der Waals surface area contributed by atoms with E-state index in [0.717, 1.165) is 14.8 Å². The average Bonchev–Trinajstić information content (AvgIpc) is 3.08. The Morgan fingerprint density at radius 3 is 2.23 bits per heavy atom. The Morgan fingerprint density at radius 1 is 0.968 bits per heavy atom. The van der Waals surface area contributed by atoms with Gasteiger partial charge in [-0.05, 0) is 43.3 Å². The maximum atomic E-state index is 13.5. The van der Waals surface area contributed by atoms with Gasteiger partial charge in [-0.3, -0.25) is 14.9 Å². The number of rotatable bonds is 5. The third-order valence-corrected chi connectivity index (χ3v) is 7.49. The van der Waals surface area contributed by atoms with Gasteiger partial charge in [-0.2, -0.15) is 0 Å². The Bertz CT molecular complexity index is 1310. The molecule has 1 heterocycles. The quantitative estimate of drug-likeness (QED) is 0.309. The monoisotopic (exact) mass is 452 g/mol. The molecule has 0 aliphatic carbocycles. The normalized spacial score (nSPS) is 14.5. The molecule has 31 heavy (non-hydrogen) atoms. The first-order chi connectivity index (χ1) is 14.8. The molecule has 0 amide bonds. The highest BCUT2D eigenvalue weighted by Gasteiger charge is 2.30. The maximum absolute atomic E-state index is 13.5. The number of nitro groups is 1. The van der Waals surface area contributed by atoms with Crippen molar-refractivity contribution in [1.29, 1.82) is 0 Å². The summed E-state index contributed by atoms with van der Waals surface area (Å²) in [5.74, 6) is -0.272. The molecule has 4 rings (SSSR count). The number of carbonyl (C=O) groups excluding carboxylic acids is 1. The van der Waals surface area contributed by atoms with Crippen molar-refractivity contribution in [3.63, 3.8) is 0 Å². The molecule has 3 aromatic carbocycles. The zero-order valence-electron chi connectivity index (χ0n) is 16.3. The first-order valence-corrected chi connectivity index (χ1v) is 11.4. The van der Waals surface area contributed by atoms with Crippen molar-refractivity contribution in [3.8, 4) is 0 Å². The van der Waals surface area contributed by atoms with Gasteiger partial charge >= 0.3 is 0 Å². The molecule has 0 saturated heterocycles. The van der Waals surface area contributed by atoms with E-state index in [1.807, 2.05) is 6.92 Å². The lowest BCUT2D eigenvalue weighted by molar-refractivity contribution is -0.384. The van der Waals surface area contributed by atoms with E-state index in [4.69, 9.17) is 0 Å². The van der Waals surface area contributed by atoms with Gasteiger partial charge < -0.3 is 0 Å². The number of ketones is 1. The molecule has 0 unspecified atom stereocenters. The van der Waals surface area contributed by atoms with Crippen LogP contribution in [0, 0.1) is 17.0 Å². The van der Waals surface area contributed by atoms with E-state index < -0.39 is 14.9 Å². The van der Waals surface area contributed by atoms with Gasteiger partial charge in [-0.15, -0.1) is 0 Å². The maximum Gasteiger partial charge on any atom is 0.269 e. The van der Waals surface area contributed by atoms with Crippen molar-refractivity contribution in [2.45, 2.75) is 16.7 Å². The molecule has 3 aromatic rings. The highest BCUT2D eigenvalue weighted by Crippen LogP contribution is 2.41. The van der Waals surface area contributed by atoms with Gasteiger partial charge in [0.25, 0.3) is 15.7 Å². The highest BCUT2D eigenvalue weighted by atomic mass is 32.2. The van der Waals surface area contributed by atoms with Gasteiger partial charge in [0.15, 0.2) is 0 Å². The van der Waals surface area contributed by atoms with Gasteiger partial charge in [-0.25, -0.2) is 12.7 Å². The van der Waals surface area contributed by atoms with E-state index in [2.05, 4.69) is 0 Å². The number of carbonyl (C=O) groups is 1. The summed E-state index contributed by atoms with van der Waals surface area (Å²) in [7, 11) is -4.08. The van der Waals surface area contributed by atoms with Gasteiger partial charge in [0, 0.05) is 28.8 Å². The van der Waals surface area contributed by atoms with Crippen molar-refractivity contribution in [3.05, 3.63) is 105 Å². The smallest absolute Gasteiger partial charge is 0.269 e. The number of thioether (sulfide) groups is 1. The van der Waals surface area contributed by atoms with Crippen LogP contribution in [0.1, 0.15) is 15.9 Å².